The quantitative estimate of drug-likeness (QED) is 0.781. The lowest BCUT2D eigenvalue weighted by Gasteiger charge is -2.39. The summed E-state index contributed by atoms with van der Waals surface area (Å²) in [6, 6.07) is 7.65. The van der Waals surface area contributed by atoms with Crippen molar-refractivity contribution in [1.29, 1.82) is 0 Å². The molecular weight excluding hydrogens is 372 g/mol. The van der Waals surface area contributed by atoms with Crippen molar-refractivity contribution in [1.82, 2.24) is 9.80 Å². The van der Waals surface area contributed by atoms with Gasteiger partial charge in [0.2, 0.25) is 5.91 Å². The van der Waals surface area contributed by atoms with Crippen molar-refractivity contribution in [2.75, 3.05) is 37.7 Å². The maximum absolute atomic E-state index is 13.1. The fourth-order valence-corrected chi connectivity index (χ4v) is 5.94. The summed E-state index contributed by atoms with van der Waals surface area (Å²) in [5, 5.41) is 0.670. The molecule has 2 heterocycles. The van der Waals surface area contributed by atoms with Crippen molar-refractivity contribution < 1.29 is 13.2 Å². The van der Waals surface area contributed by atoms with E-state index in [4.69, 9.17) is 11.6 Å². The molecule has 26 heavy (non-hydrogen) atoms. The van der Waals surface area contributed by atoms with Gasteiger partial charge in [-0.3, -0.25) is 9.69 Å². The van der Waals surface area contributed by atoms with E-state index in [-0.39, 0.29) is 29.5 Å². The van der Waals surface area contributed by atoms with E-state index < -0.39 is 9.84 Å². The summed E-state index contributed by atoms with van der Waals surface area (Å²) in [6.07, 6.45) is 0.718. The lowest BCUT2D eigenvalue weighted by atomic mass is 9.87. The molecule has 2 saturated heterocycles. The molecule has 0 aromatic heterocycles. The Morgan fingerprint density at radius 2 is 1.73 bits per heavy atom. The van der Waals surface area contributed by atoms with Crippen molar-refractivity contribution >= 4 is 27.3 Å². The van der Waals surface area contributed by atoms with Crippen molar-refractivity contribution in [3.05, 3.63) is 34.9 Å². The molecule has 2 fully saturated rings. The zero-order valence-corrected chi connectivity index (χ0v) is 17.0. The van der Waals surface area contributed by atoms with Gasteiger partial charge in [0.15, 0.2) is 9.84 Å². The topological polar surface area (TPSA) is 57.7 Å². The Balaban J connectivity index is 1.64. The van der Waals surface area contributed by atoms with E-state index >= 15 is 0 Å². The molecule has 2 atom stereocenters. The minimum absolute atomic E-state index is 0.120. The van der Waals surface area contributed by atoms with Gasteiger partial charge in [-0.05, 0) is 30.0 Å². The van der Waals surface area contributed by atoms with E-state index in [1.54, 1.807) is 0 Å². The number of hydrogen-bond donors (Lipinski definition) is 0. The van der Waals surface area contributed by atoms with Gasteiger partial charge in [0, 0.05) is 37.2 Å². The zero-order valence-electron chi connectivity index (χ0n) is 15.4. The van der Waals surface area contributed by atoms with Gasteiger partial charge in [-0.1, -0.05) is 37.6 Å². The predicted molar refractivity (Wildman–Crippen MR) is 104 cm³/mol. The monoisotopic (exact) mass is 398 g/mol. The van der Waals surface area contributed by atoms with E-state index in [1.807, 2.05) is 29.2 Å². The average molecular weight is 399 g/mol. The molecule has 3 rings (SSSR count). The molecule has 1 aromatic rings. The SMILES string of the molecule is CC(C)[C@H](C(=O)N1CCN([C@@H]2CCS(=O)(=O)C2)CC1)c1ccc(Cl)cc1. The minimum Gasteiger partial charge on any atom is -0.340 e. The largest absolute Gasteiger partial charge is 0.340 e. The van der Waals surface area contributed by atoms with Crippen LogP contribution in [-0.4, -0.2) is 67.9 Å². The summed E-state index contributed by atoms with van der Waals surface area (Å²) in [7, 11) is -2.87. The average Bonchev–Trinajstić information content (AvgIpc) is 2.96. The fourth-order valence-electron chi connectivity index (χ4n) is 4.05. The van der Waals surface area contributed by atoms with Crippen molar-refractivity contribution in [2.45, 2.75) is 32.2 Å². The highest BCUT2D eigenvalue weighted by Gasteiger charge is 2.36. The molecule has 1 aromatic carbocycles. The summed E-state index contributed by atoms with van der Waals surface area (Å²) in [4.78, 5) is 17.3. The first kappa shape index (κ1) is 19.6. The number of carbonyl (C=O) groups excluding carboxylic acids is 1. The summed E-state index contributed by atoms with van der Waals surface area (Å²) in [5.41, 5.74) is 0.999. The fraction of sp³-hybridized carbons (Fsp3) is 0.632. The Labute approximate surface area is 161 Å². The predicted octanol–water partition coefficient (Wildman–Crippen LogP) is 2.41. The van der Waals surface area contributed by atoms with Crippen LogP contribution >= 0.6 is 11.6 Å². The van der Waals surface area contributed by atoms with Crippen LogP contribution < -0.4 is 0 Å². The lowest BCUT2D eigenvalue weighted by molar-refractivity contribution is -0.135. The number of piperazine rings is 1. The smallest absolute Gasteiger partial charge is 0.230 e. The lowest BCUT2D eigenvalue weighted by Crippen LogP contribution is -2.53. The number of rotatable bonds is 4. The first-order valence-electron chi connectivity index (χ1n) is 9.25. The van der Waals surface area contributed by atoms with Crippen LogP contribution in [0.3, 0.4) is 0 Å². The molecule has 7 heteroatoms. The summed E-state index contributed by atoms with van der Waals surface area (Å²) in [6.45, 7) is 6.95. The Kier molecular flexibility index (Phi) is 5.94. The number of amides is 1. The number of benzene rings is 1. The Hall–Kier alpha value is -1.11. The Morgan fingerprint density at radius 3 is 2.23 bits per heavy atom. The molecule has 5 nitrogen and oxygen atoms in total. The third-order valence-corrected chi connectivity index (χ3v) is 7.51. The molecule has 0 N–H and O–H groups in total. The third-order valence-electron chi connectivity index (χ3n) is 5.51. The number of halogens is 1. The Bertz CT molecular complexity index is 741. The normalized spacial score (nSPS) is 24.8. The van der Waals surface area contributed by atoms with Crippen LogP contribution in [0.4, 0.5) is 0 Å². The molecule has 0 unspecified atom stereocenters. The molecule has 2 aliphatic rings. The van der Waals surface area contributed by atoms with E-state index in [1.165, 1.54) is 0 Å². The summed E-state index contributed by atoms with van der Waals surface area (Å²) >= 11 is 5.98. The van der Waals surface area contributed by atoms with Gasteiger partial charge < -0.3 is 4.90 Å². The van der Waals surface area contributed by atoms with Gasteiger partial charge in [-0.2, -0.15) is 0 Å². The van der Waals surface area contributed by atoms with Crippen LogP contribution in [0.5, 0.6) is 0 Å². The number of sulfone groups is 1. The van der Waals surface area contributed by atoms with Gasteiger partial charge in [0.1, 0.15) is 0 Å². The van der Waals surface area contributed by atoms with Gasteiger partial charge in [0.25, 0.3) is 0 Å². The van der Waals surface area contributed by atoms with Gasteiger partial charge >= 0.3 is 0 Å². The summed E-state index contributed by atoms with van der Waals surface area (Å²) in [5.74, 6) is 0.733. The standard InChI is InChI=1S/C19H27ClN2O3S/c1-14(2)18(15-3-5-16(20)6-4-15)19(23)22-10-8-21(9-11-22)17-7-12-26(24,25)13-17/h3-6,14,17-18H,7-13H2,1-2H3/t17-,18+/m1/s1. The van der Waals surface area contributed by atoms with Crippen molar-refractivity contribution in [3.63, 3.8) is 0 Å². The maximum Gasteiger partial charge on any atom is 0.230 e. The molecule has 0 aliphatic carbocycles. The van der Waals surface area contributed by atoms with Crippen LogP contribution in [-0.2, 0) is 14.6 Å². The number of hydrogen-bond acceptors (Lipinski definition) is 4. The van der Waals surface area contributed by atoms with Crippen LogP contribution in [0.15, 0.2) is 24.3 Å². The maximum atomic E-state index is 13.1. The Morgan fingerprint density at radius 1 is 1.12 bits per heavy atom. The van der Waals surface area contributed by atoms with E-state index in [0.29, 0.717) is 23.9 Å². The third kappa shape index (κ3) is 4.41. The van der Waals surface area contributed by atoms with Gasteiger partial charge in [0.05, 0.1) is 17.4 Å². The first-order chi connectivity index (χ1) is 12.3. The molecule has 1 amide bonds. The highest BCUT2D eigenvalue weighted by molar-refractivity contribution is 7.91. The minimum atomic E-state index is -2.87. The second-order valence-corrected chi connectivity index (χ2v) is 10.4. The molecular formula is C19H27ClN2O3S. The molecule has 0 radical (unpaired) electrons. The first-order valence-corrected chi connectivity index (χ1v) is 11.5. The van der Waals surface area contributed by atoms with Crippen LogP contribution in [0.1, 0.15) is 31.7 Å². The van der Waals surface area contributed by atoms with E-state index in [0.717, 1.165) is 25.1 Å². The zero-order chi connectivity index (χ0) is 18.9. The van der Waals surface area contributed by atoms with E-state index in [2.05, 4.69) is 18.7 Å². The van der Waals surface area contributed by atoms with Crippen molar-refractivity contribution in [3.8, 4) is 0 Å². The summed E-state index contributed by atoms with van der Waals surface area (Å²) < 4.78 is 23.4. The number of carbonyl (C=O) groups is 1. The van der Waals surface area contributed by atoms with E-state index in [9.17, 15) is 13.2 Å². The van der Waals surface area contributed by atoms with Gasteiger partial charge in [-0.25, -0.2) is 8.42 Å². The second-order valence-electron chi connectivity index (χ2n) is 7.69. The van der Waals surface area contributed by atoms with Crippen LogP contribution in [0, 0.1) is 5.92 Å². The highest BCUT2D eigenvalue weighted by atomic mass is 35.5. The van der Waals surface area contributed by atoms with Crippen LogP contribution in [0.25, 0.3) is 0 Å². The molecule has 0 saturated carbocycles. The van der Waals surface area contributed by atoms with Gasteiger partial charge in [-0.15, -0.1) is 0 Å². The molecule has 0 bridgehead atoms. The van der Waals surface area contributed by atoms with Crippen LogP contribution in [0.2, 0.25) is 5.02 Å². The molecule has 0 spiro atoms. The second kappa shape index (κ2) is 7.87. The molecule has 144 valence electrons. The molecule has 2 aliphatic heterocycles. The van der Waals surface area contributed by atoms with Crippen molar-refractivity contribution in [2.24, 2.45) is 5.92 Å². The highest BCUT2D eigenvalue weighted by Crippen LogP contribution is 2.29. The number of nitrogens with zero attached hydrogens (tertiary/aromatic N) is 2.